The summed E-state index contributed by atoms with van der Waals surface area (Å²) in [6.45, 7) is 2.05. The third kappa shape index (κ3) is 2.01. The highest BCUT2D eigenvalue weighted by Crippen LogP contribution is 2.01. The highest BCUT2D eigenvalue weighted by Gasteiger charge is 2.07. The average molecular weight is 207 g/mol. The summed E-state index contributed by atoms with van der Waals surface area (Å²) in [6, 6.07) is 0. The Kier molecular flexibility index (Phi) is 2.20. The number of primary amides is 1. The average Bonchev–Trinajstić information content (AvgIpc) is 2.76. The number of aryl methyl sites for hydroxylation is 1. The van der Waals surface area contributed by atoms with Gasteiger partial charge in [0, 0.05) is 6.20 Å². The Morgan fingerprint density at radius 1 is 1.67 bits per heavy atom. The summed E-state index contributed by atoms with van der Waals surface area (Å²) in [4.78, 5) is 14.8. The van der Waals surface area contributed by atoms with E-state index in [4.69, 9.17) is 10.3 Å². The maximum absolute atomic E-state index is 10.8. The monoisotopic (exact) mass is 207 g/mol. The fourth-order valence-electron chi connectivity index (χ4n) is 1.12. The summed E-state index contributed by atoms with van der Waals surface area (Å²) in [5.41, 5.74) is 5.43. The Labute approximate surface area is 84.9 Å². The summed E-state index contributed by atoms with van der Waals surface area (Å²) in [5, 5.41) is 7.57. The van der Waals surface area contributed by atoms with E-state index in [0.717, 1.165) is 0 Å². The van der Waals surface area contributed by atoms with Gasteiger partial charge in [0.2, 0.25) is 5.89 Å². The number of nitrogens with zero attached hydrogens (tertiary/aromatic N) is 4. The Morgan fingerprint density at radius 2 is 2.47 bits per heavy atom. The fourth-order valence-corrected chi connectivity index (χ4v) is 1.12. The summed E-state index contributed by atoms with van der Waals surface area (Å²) < 4.78 is 6.41. The van der Waals surface area contributed by atoms with Crippen molar-refractivity contribution in [3.63, 3.8) is 0 Å². The van der Waals surface area contributed by atoms with Gasteiger partial charge in [0.25, 0.3) is 5.91 Å². The van der Waals surface area contributed by atoms with Crippen LogP contribution in [-0.4, -0.2) is 25.8 Å². The van der Waals surface area contributed by atoms with Gasteiger partial charge in [-0.25, -0.2) is 0 Å². The van der Waals surface area contributed by atoms with Gasteiger partial charge in [0.1, 0.15) is 6.54 Å². The molecule has 7 nitrogen and oxygen atoms in total. The van der Waals surface area contributed by atoms with Crippen molar-refractivity contribution in [2.45, 2.75) is 13.5 Å². The molecule has 0 aliphatic rings. The molecule has 78 valence electrons. The molecule has 0 unspecified atom stereocenters. The van der Waals surface area contributed by atoms with Gasteiger partial charge in [-0.3, -0.25) is 9.48 Å². The van der Waals surface area contributed by atoms with Crippen molar-refractivity contribution in [1.29, 1.82) is 0 Å². The lowest BCUT2D eigenvalue weighted by atomic mass is 10.3. The number of carbonyl (C=O) groups excluding carboxylic acids is 1. The predicted molar refractivity (Wildman–Crippen MR) is 48.9 cm³/mol. The summed E-state index contributed by atoms with van der Waals surface area (Å²) in [6.07, 6.45) is 2.92. The lowest BCUT2D eigenvalue weighted by molar-refractivity contribution is 0.1000. The third-order valence-corrected chi connectivity index (χ3v) is 1.78. The van der Waals surface area contributed by atoms with E-state index in [0.29, 0.717) is 23.8 Å². The molecule has 2 N–H and O–H groups in total. The topological polar surface area (TPSA) is 99.8 Å². The van der Waals surface area contributed by atoms with Crippen LogP contribution in [0.25, 0.3) is 0 Å². The maximum Gasteiger partial charge on any atom is 0.251 e. The van der Waals surface area contributed by atoms with Crippen LogP contribution < -0.4 is 5.73 Å². The molecule has 2 aromatic rings. The minimum Gasteiger partial charge on any atom is -0.366 e. The predicted octanol–water partition coefficient (Wildman–Crippen LogP) is -0.278. The van der Waals surface area contributed by atoms with Crippen LogP contribution in [0.3, 0.4) is 0 Å². The van der Waals surface area contributed by atoms with Crippen molar-refractivity contribution in [3.8, 4) is 0 Å². The molecule has 0 aromatic carbocycles. The normalized spacial score (nSPS) is 10.5. The number of rotatable bonds is 3. The van der Waals surface area contributed by atoms with E-state index >= 15 is 0 Å². The molecule has 0 saturated heterocycles. The van der Waals surface area contributed by atoms with Crippen LogP contribution in [0.1, 0.15) is 22.1 Å². The molecule has 0 bridgehead atoms. The second-order valence-electron chi connectivity index (χ2n) is 3.03. The molecule has 0 atom stereocenters. The lowest BCUT2D eigenvalue weighted by Gasteiger charge is -1.93. The molecule has 0 fully saturated rings. The smallest absolute Gasteiger partial charge is 0.251 e. The number of hydrogen-bond donors (Lipinski definition) is 1. The second-order valence-corrected chi connectivity index (χ2v) is 3.03. The number of hydrogen-bond acceptors (Lipinski definition) is 5. The molecule has 0 radical (unpaired) electrons. The molecular weight excluding hydrogens is 198 g/mol. The van der Waals surface area contributed by atoms with Crippen LogP contribution in [0.5, 0.6) is 0 Å². The van der Waals surface area contributed by atoms with Crippen LogP contribution in [0, 0.1) is 6.92 Å². The number of aromatic nitrogens is 4. The first kappa shape index (κ1) is 9.38. The van der Waals surface area contributed by atoms with Crippen LogP contribution in [0.2, 0.25) is 0 Å². The molecule has 15 heavy (non-hydrogen) atoms. The number of amides is 1. The molecule has 0 saturated carbocycles. The van der Waals surface area contributed by atoms with Crippen molar-refractivity contribution in [3.05, 3.63) is 29.7 Å². The molecule has 0 aliphatic carbocycles. The zero-order chi connectivity index (χ0) is 10.8. The molecule has 7 heteroatoms. The SMILES string of the molecule is Cc1noc(Cn2cc(C(N)=O)cn2)n1. The van der Waals surface area contributed by atoms with E-state index in [2.05, 4.69) is 15.2 Å². The van der Waals surface area contributed by atoms with Gasteiger partial charge in [0.15, 0.2) is 5.82 Å². The molecule has 0 spiro atoms. The molecule has 0 aliphatic heterocycles. The highest BCUT2D eigenvalue weighted by atomic mass is 16.5. The van der Waals surface area contributed by atoms with Crippen LogP contribution in [0.4, 0.5) is 0 Å². The second kappa shape index (κ2) is 3.52. The quantitative estimate of drug-likeness (QED) is 0.746. The van der Waals surface area contributed by atoms with Crippen molar-refractivity contribution in [2.24, 2.45) is 5.73 Å². The standard InChI is InChI=1S/C8H9N5O2/c1-5-11-7(15-12-5)4-13-3-6(2-10-13)8(9)14/h2-3H,4H2,1H3,(H2,9,14). The van der Waals surface area contributed by atoms with Gasteiger partial charge in [-0.2, -0.15) is 10.1 Å². The van der Waals surface area contributed by atoms with Crippen molar-refractivity contribution < 1.29 is 9.32 Å². The van der Waals surface area contributed by atoms with Crippen molar-refractivity contribution in [2.75, 3.05) is 0 Å². The van der Waals surface area contributed by atoms with E-state index in [9.17, 15) is 4.79 Å². The largest absolute Gasteiger partial charge is 0.366 e. The molecule has 2 rings (SSSR count). The first-order valence-corrected chi connectivity index (χ1v) is 4.26. The van der Waals surface area contributed by atoms with Gasteiger partial charge < -0.3 is 10.3 Å². The summed E-state index contributed by atoms with van der Waals surface area (Å²) in [5.74, 6) is 0.488. The zero-order valence-corrected chi connectivity index (χ0v) is 8.04. The maximum atomic E-state index is 10.8. The summed E-state index contributed by atoms with van der Waals surface area (Å²) >= 11 is 0. The Bertz CT molecular complexity index is 487. The van der Waals surface area contributed by atoms with Crippen LogP contribution >= 0.6 is 0 Å². The molecule has 2 aromatic heterocycles. The van der Waals surface area contributed by atoms with Crippen molar-refractivity contribution in [1.82, 2.24) is 19.9 Å². The highest BCUT2D eigenvalue weighted by molar-refractivity contribution is 5.92. The first-order chi connectivity index (χ1) is 7.15. The first-order valence-electron chi connectivity index (χ1n) is 4.26. The molecule has 1 amide bonds. The number of carbonyl (C=O) groups is 1. The van der Waals surface area contributed by atoms with Gasteiger partial charge in [-0.1, -0.05) is 5.16 Å². The van der Waals surface area contributed by atoms with E-state index in [1.54, 1.807) is 6.92 Å². The van der Waals surface area contributed by atoms with Crippen LogP contribution in [-0.2, 0) is 6.54 Å². The molecule has 2 heterocycles. The van der Waals surface area contributed by atoms with Gasteiger partial charge in [-0.15, -0.1) is 0 Å². The van der Waals surface area contributed by atoms with Gasteiger partial charge in [0.05, 0.1) is 11.8 Å². The van der Waals surface area contributed by atoms with E-state index in [1.807, 2.05) is 0 Å². The number of nitrogens with two attached hydrogens (primary N) is 1. The van der Waals surface area contributed by atoms with Crippen LogP contribution in [0.15, 0.2) is 16.9 Å². The molecular formula is C8H9N5O2. The van der Waals surface area contributed by atoms with Crippen molar-refractivity contribution >= 4 is 5.91 Å². The minimum atomic E-state index is -0.511. The van der Waals surface area contributed by atoms with Gasteiger partial charge >= 0.3 is 0 Å². The van der Waals surface area contributed by atoms with Gasteiger partial charge in [-0.05, 0) is 6.92 Å². The van der Waals surface area contributed by atoms with E-state index in [1.165, 1.54) is 17.1 Å². The Morgan fingerprint density at radius 3 is 3.00 bits per heavy atom. The summed E-state index contributed by atoms with van der Waals surface area (Å²) in [7, 11) is 0. The fraction of sp³-hybridized carbons (Fsp3) is 0.250. The Hall–Kier alpha value is -2.18. The Balaban J connectivity index is 2.14. The minimum absolute atomic E-state index is 0.327. The third-order valence-electron chi connectivity index (χ3n) is 1.78. The lowest BCUT2D eigenvalue weighted by Crippen LogP contribution is -2.09. The van der Waals surface area contributed by atoms with E-state index < -0.39 is 5.91 Å². The van der Waals surface area contributed by atoms with E-state index in [-0.39, 0.29) is 0 Å². The zero-order valence-electron chi connectivity index (χ0n) is 8.04.